The Labute approximate surface area is 183 Å². The Morgan fingerprint density at radius 2 is 1.38 bits per heavy atom. The van der Waals surface area contributed by atoms with Crippen molar-refractivity contribution in [2.24, 2.45) is 0 Å². The number of nitrogens with one attached hydrogen (secondary N) is 1. The van der Waals surface area contributed by atoms with E-state index in [0.29, 0.717) is 11.4 Å². The molecule has 152 valence electrons. The van der Waals surface area contributed by atoms with Crippen LogP contribution in [0.25, 0.3) is 44.3 Å². The number of para-hydroxylation sites is 1. The summed E-state index contributed by atoms with van der Waals surface area (Å²) in [4.78, 5) is 13.6. The van der Waals surface area contributed by atoms with Crippen LogP contribution in [0.2, 0.25) is 0 Å². The summed E-state index contributed by atoms with van der Waals surface area (Å²) in [5, 5.41) is 16.3. The number of benzene rings is 4. The molecule has 6 rings (SSSR count). The van der Waals surface area contributed by atoms with E-state index in [0.717, 1.165) is 38.5 Å². The minimum absolute atomic E-state index is 0.0666. The zero-order chi connectivity index (χ0) is 21.5. The molecule has 6 nitrogen and oxygen atoms in total. The fourth-order valence-electron chi connectivity index (χ4n) is 4.18. The van der Waals surface area contributed by atoms with Crippen LogP contribution in [0.5, 0.6) is 0 Å². The Morgan fingerprint density at radius 1 is 0.688 bits per heavy atom. The first-order chi connectivity index (χ1) is 15.8. The Hall–Kier alpha value is -4.58. The molecule has 2 aromatic heterocycles. The molecule has 0 amide bonds. The summed E-state index contributed by atoms with van der Waals surface area (Å²) < 4.78 is 1.78. The van der Waals surface area contributed by atoms with Crippen molar-refractivity contribution in [2.45, 2.75) is 0 Å². The number of aromatic nitrogens is 5. The highest BCUT2D eigenvalue weighted by Gasteiger charge is 2.18. The first-order valence-electron chi connectivity index (χ1n) is 10.3. The third kappa shape index (κ3) is 2.89. The van der Waals surface area contributed by atoms with Crippen molar-refractivity contribution >= 4 is 27.7 Å². The maximum Gasteiger partial charge on any atom is 0.262 e. The molecule has 0 saturated carbocycles. The molecule has 0 radical (unpaired) electrons. The lowest BCUT2D eigenvalue weighted by atomic mass is 10.0. The molecule has 0 aliphatic carbocycles. The number of carbonyl (C=O) groups excluding carboxylic acids is 1. The number of nitrogens with zero attached hydrogens (tertiary/aromatic N) is 4. The topological polar surface area (TPSA) is 76.5 Å². The van der Waals surface area contributed by atoms with Gasteiger partial charge in [-0.1, -0.05) is 60.7 Å². The molecule has 1 N–H and O–H groups in total. The molecule has 0 spiro atoms. The first kappa shape index (κ1) is 18.2. The average molecular weight is 415 g/mol. The van der Waals surface area contributed by atoms with Gasteiger partial charge in [0.2, 0.25) is 5.82 Å². The van der Waals surface area contributed by atoms with Gasteiger partial charge in [-0.2, -0.15) is 5.21 Å². The second-order valence-electron chi connectivity index (χ2n) is 7.57. The van der Waals surface area contributed by atoms with Gasteiger partial charge in [0.05, 0.1) is 11.0 Å². The van der Waals surface area contributed by atoms with Crippen molar-refractivity contribution in [3.05, 3.63) is 103 Å². The number of H-pyrrole nitrogens is 1. The fourth-order valence-corrected chi connectivity index (χ4v) is 4.18. The summed E-state index contributed by atoms with van der Waals surface area (Å²) in [6.07, 6.45) is 0. The second-order valence-corrected chi connectivity index (χ2v) is 7.57. The number of aromatic amines is 1. The first-order valence-corrected chi connectivity index (χ1v) is 10.3. The molecule has 0 atom stereocenters. The number of hydrogen-bond donors (Lipinski definition) is 1. The van der Waals surface area contributed by atoms with Crippen LogP contribution >= 0.6 is 0 Å². The monoisotopic (exact) mass is 415 g/mol. The minimum Gasteiger partial charge on any atom is -0.276 e. The van der Waals surface area contributed by atoms with Gasteiger partial charge in [-0.05, 0) is 52.7 Å². The summed E-state index contributed by atoms with van der Waals surface area (Å²) in [7, 11) is 0. The number of rotatable bonds is 3. The Balaban J connectivity index is 1.48. The Bertz CT molecular complexity index is 1570. The van der Waals surface area contributed by atoms with Crippen LogP contribution in [0.15, 0.2) is 97.1 Å². The minimum atomic E-state index is -0.0666. The molecule has 0 aliphatic heterocycles. The lowest BCUT2D eigenvalue weighted by Gasteiger charge is -2.08. The SMILES string of the molecule is O=C(c1ccc(-c2ccccc2)cc1)n1c2ccccc2c2cc(-c3nn[nH]n3)ccc21. The van der Waals surface area contributed by atoms with Crippen molar-refractivity contribution in [3.63, 3.8) is 0 Å². The second kappa shape index (κ2) is 7.28. The van der Waals surface area contributed by atoms with Crippen LogP contribution in [-0.2, 0) is 0 Å². The molecular formula is C26H17N5O. The van der Waals surface area contributed by atoms with Crippen LogP contribution in [0.4, 0.5) is 0 Å². The third-order valence-corrected chi connectivity index (χ3v) is 5.72. The number of fused-ring (bicyclic) bond motifs is 3. The van der Waals surface area contributed by atoms with Gasteiger partial charge < -0.3 is 0 Å². The van der Waals surface area contributed by atoms with Crippen LogP contribution in [0.3, 0.4) is 0 Å². The standard InChI is InChI=1S/C26H17N5O/c32-26(19-12-10-18(11-13-19)17-6-2-1-3-7-17)31-23-9-5-4-8-21(23)22-16-20(14-15-24(22)31)25-27-29-30-28-25/h1-16H,(H,27,28,29,30). The van der Waals surface area contributed by atoms with Crippen molar-refractivity contribution in [1.82, 2.24) is 25.2 Å². The van der Waals surface area contributed by atoms with Crippen molar-refractivity contribution < 1.29 is 4.79 Å². The highest BCUT2D eigenvalue weighted by atomic mass is 16.2. The lowest BCUT2D eigenvalue weighted by Crippen LogP contribution is -2.11. The van der Waals surface area contributed by atoms with E-state index < -0.39 is 0 Å². The van der Waals surface area contributed by atoms with Crippen molar-refractivity contribution in [2.75, 3.05) is 0 Å². The van der Waals surface area contributed by atoms with Gasteiger partial charge in [-0.15, -0.1) is 10.2 Å². The van der Waals surface area contributed by atoms with Gasteiger partial charge in [-0.25, -0.2) is 0 Å². The molecule has 0 bridgehead atoms. The van der Waals surface area contributed by atoms with E-state index >= 15 is 0 Å². The Kier molecular flexibility index (Phi) is 4.14. The van der Waals surface area contributed by atoms with E-state index in [-0.39, 0.29) is 5.91 Å². The van der Waals surface area contributed by atoms with Gasteiger partial charge in [-0.3, -0.25) is 9.36 Å². The zero-order valence-corrected chi connectivity index (χ0v) is 16.9. The summed E-state index contributed by atoms with van der Waals surface area (Å²) >= 11 is 0. The van der Waals surface area contributed by atoms with Crippen LogP contribution in [0, 0.1) is 0 Å². The summed E-state index contributed by atoms with van der Waals surface area (Å²) in [6.45, 7) is 0. The van der Waals surface area contributed by atoms with Gasteiger partial charge >= 0.3 is 0 Å². The Morgan fingerprint density at radius 3 is 2.16 bits per heavy atom. The highest BCUT2D eigenvalue weighted by molar-refractivity contribution is 6.16. The van der Waals surface area contributed by atoms with E-state index in [1.54, 1.807) is 4.57 Å². The number of carbonyl (C=O) groups is 1. The molecule has 32 heavy (non-hydrogen) atoms. The molecule has 0 unspecified atom stereocenters. The van der Waals surface area contributed by atoms with E-state index in [9.17, 15) is 4.79 Å². The van der Waals surface area contributed by atoms with E-state index in [1.165, 1.54) is 0 Å². The van der Waals surface area contributed by atoms with E-state index in [1.807, 2.05) is 84.9 Å². The molecule has 6 aromatic rings. The predicted molar refractivity (Wildman–Crippen MR) is 124 cm³/mol. The quantitative estimate of drug-likeness (QED) is 0.424. The maximum atomic E-state index is 13.6. The van der Waals surface area contributed by atoms with Crippen molar-refractivity contribution in [3.8, 4) is 22.5 Å². The van der Waals surface area contributed by atoms with Gasteiger partial charge in [0.25, 0.3) is 5.91 Å². The highest BCUT2D eigenvalue weighted by Crippen LogP contribution is 2.32. The zero-order valence-electron chi connectivity index (χ0n) is 16.9. The molecule has 0 saturated heterocycles. The molecule has 0 fully saturated rings. The normalized spacial score (nSPS) is 11.2. The van der Waals surface area contributed by atoms with Crippen LogP contribution in [0.1, 0.15) is 10.4 Å². The summed E-state index contributed by atoms with van der Waals surface area (Å²) in [5.41, 5.74) is 5.38. The fraction of sp³-hybridized carbons (Fsp3) is 0. The molecule has 4 aromatic carbocycles. The smallest absolute Gasteiger partial charge is 0.262 e. The van der Waals surface area contributed by atoms with Gasteiger partial charge in [0, 0.05) is 21.9 Å². The van der Waals surface area contributed by atoms with Gasteiger partial charge in [0.15, 0.2) is 0 Å². The molecule has 0 aliphatic rings. The summed E-state index contributed by atoms with van der Waals surface area (Å²) in [6, 6.07) is 31.7. The van der Waals surface area contributed by atoms with Crippen molar-refractivity contribution in [1.29, 1.82) is 0 Å². The van der Waals surface area contributed by atoms with Crippen LogP contribution < -0.4 is 0 Å². The third-order valence-electron chi connectivity index (χ3n) is 5.72. The van der Waals surface area contributed by atoms with E-state index in [4.69, 9.17) is 0 Å². The lowest BCUT2D eigenvalue weighted by molar-refractivity contribution is 0.0969. The molecular weight excluding hydrogens is 398 g/mol. The van der Waals surface area contributed by atoms with Crippen LogP contribution in [-0.4, -0.2) is 31.1 Å². The maximum absolute atomic E-state index is 13.6. The van der Waals surface area contributed by atoms with E-state index in [2.05, 4.69) is 32.8 Å². The molecule has 2 heterocycles. The molecule has 6 heteroatoms. The number of tetrazole rings is 1. The predicted octanol–water partition coefficient (Wildman–Crippen LogP) is 5.33. The number of hydrogen-bond acceptors (Lipinski definition) is 4. The largest absolute Gasteiger partial charge is 0.276 e. The average Bonchev–Trinajstić information content (AvgIpc) is 3.51. The van der Waals surface area contributed by atoms with Gasteiger partial charge in [0.1, 0.15) is 0 Å². The summed E-state index contributed by atoms with van der Waals surface area (Å²) in [5.74, 6) is 0.453.